The molecule has 0 aromatic heterocycles. The van der Waals surface area contributed by atoms with E-state index in [2.05, 4.69) is 31.3 Å². The predicted octanol–water partition coefficient (Wildman–Crippen LogP) is 16.5. The number of unbranched alkanes of at least 4 members (excludes halogenated alkanes) is 38. The lowest BCUT2D eigenvalue weighted by molar-refractivity contribution is -0.143. The van der Waals surface area contributed by atoms with Crippen molar-refractivity contribution < 1.29 is 24.5 Å². The van der Waals surface area contributed by atoms with Crippen LogP contribution in [-0.2, 0) is 14.3 Å². The lowest BCUT2D eigenvalue weighted by Gasteiger charge is -2.22. The molecule has 1 amide bonds. The molecule has 2 unspecified atom stereocenters. The van der Waals surface area contributed by atoms with E-state index in [-0.39, 0.29) is 18.5 Å². The van der Waals surface area contributed by atoms with Gasteiger partial charge in [0.25, 0.3) is 0 Å². The second-order valence-electron chi connectivity index (χ2n) is 18.9. The maximum absolute atomic E-state index is 12.5. The van der Waals surface area contributed by atoms with E-state index >= 15 is 0 Å². The van der Waals surface area contributed by atoms with Gasteiger partial charge < -0.3 is 20.3 Å². The summed E-state index contributed by atoms with van der Waals surface area (Å²) in [6.45, 7) is 4.91. The Kier molecular flexibility index (Phi) is 50.1. The summed E-state index contributed by atoms with van der Waals surface area (Å²) in [4.78, 5) is 24.5. The second kappa shape index (κ2) is 51.2. The lowest BCUT2D eigenvalue weighted by Crippen LogP contribution is -2.45. The molecule has 2 atom stereocenters. The van der Waals surface area contributed by atoms with Crippen LogP contribution in [0.5, 0.6) is 0 Å². The smallest absolute Gasteiger partial charge is 0.305 e. The van der Waals surface area contributed by atoms with Crippen molar-refractivity contribution in [2.75, 3.05) is 13.2 Å². The minimum atomic E-state index is -0.679. The summed E-state index contributed by atoms with van der Waals surface area (Å²) in [7, 11) is 0. The zero-order valence-electron chi connectivity index (χ0n) is 41.2. The molecule has 3 N–H and O–H groups in total. The summed E-state index contributed by atoms with van der Waals surface area (Å²) < 4.78 is 5.45. The molecule has 6 heteroatoms. The number of ether oxygens (including phenoxy) is 1. The first kappa shape index (κ1) is 59.6. The molecule has 0 aromatic rings. The number of hydrogen-bond donors (Lipinski definition) is 3. The molecule has 0 spiro atoms. The second-order valence-corrected chi connectivity index (χ2v) is 18.9. The highest BCUT2D eigenvalue weighted by atomic mass is 16.5. The molecule has 0 aliphatic rings. The first-order valence-electron chi connectivity index (χ1n) is 27.4. The molecule has 61 heavy (non-hydrogen) atoms. The third kappa shape index (κ3) is 47.9. The predicted molar refractivity (Wildman–Crippen MR) is 264 cm³/mol. The van der Waals surface area contributed by atoms with Gasteiger partial charge in [0.2, 0.25) is 5.91 Å². The molecular weight excluding hydrogens is 755 g/mol. The summed E-state index contributed by atoms with van der Waals surface area (Å²) in [6, 6.07) is -0.559. The highest BCUT2D eigenvalue weighted by molar-refractivity contribution is 5.76. The van der Waals surface area contributed by atoms with E-state index in [0.29, 0.717) is 25.9 Å². The van der Waals surface area contributed by atoms with E-state index in [0.717, 1.165) is 77.0 Å². The molecule has 0 aliphatic carbocycles. The summed E-state index contributed by atoms with van der Waals surface area (Å²) in [6.07, 6.45) is 59.0. The fourth-order valence-electron chi connectivity index (χ4n) is 8.58. The number of aliphatic hydroxyl groups excluding tert-OH is 2. The van der Waals surface area contributed by atoms with Crippen molar-refractivity contribution in [3.63, 3.8) is 0 Å². The van der Waals surface area contributed by atoms with Gasteiger partial charge in [-0.15, -0.1) is 0 Å². The Morgan fingerprint density at radius 2 is 0.770 bits per heavy atom. The number of carbonyl (C=O) groups excluding carboxylic acids is 2. The van der Waals surface area contributed by atoms with Crippen LogP contribution in [0.3, 0.4) is 0 Å². The number of esters is 1. The number of carbonyl (C=O) groups is 2. The maximum atomic E-state index is 12.5. The van der Waals surface area contributed by atoms with Gasteiger partial charge in [-0.1, -0.05) is 244 Å². The van der Waals surface area contributed by atoms with Gasteiger partial charge in [-0.3, -0.25) is 9.59 Å². The maximum Gasteiger partial charge on any atom is 0.305 e. The molecule has 0 rings (SSSR count). The standard InChI is InChI=1S/C55H107NO5/c1-3-5-7-9-11-13-15-17-19-20-21-22-23-27-31-35-39-43-47-53(58)52(51-57)56-54(59)48-44-40-36-32-28-25-26-30-34-38-42-46-50-61-55(60)49-45-41-37-33-29-24-18-16-14-12-10-8-6-4-2/h26,30,52-53,57-58H,3-25,27-29,31-51H2,1-2H3,(H,56,59)/b30-26-. The molecule has 0 heterocycles. The third-order valence-corrected chi connectivity index (χ3v) is 12.8. The average Bonchev–Trinajstić information content (AvgIpc) is 3.26. The van der Waals surface area contributed by atoms with Gasteiger partial charge in [0.05, 0.1) is 25.4 Å². The Labute approximate surface area is 380 Å². The Balaban J connectivity index is 3.49. The third-order valence-electron chi connectivity index (χ3n) is 12.8. The molecule has 0 aliphatic heterocycles. The molecule has 0 saturated heterocycles. The van der Waals surface area contributed by atoms with Gasteiger partial charge in [-0.25, -0.2) is 0 Å². The largest absolute Gasteiger partial charge is 0.466 e. The van der Waals surface area contributed by atoms with Gasteiger partial charge in [0, 0.05) is 12.8 Å². The van der Waals surface area contributed by atoms with Crippen molar-refractivity contribution in [2.24, 2.45) is 0 Å². The van der Waals surface area contributed by atoms with E-state index < -0.39 is 12.1 Å². The minimum Gasteiger partial charge on any atom is -0.466 e. The molecular formula is C55H107NO5. The van der Waals surface area contributed by atoms with Crippen LogP contribution < -0.4 is 5.32 Å². The first-order valence-corrected chi connectivity index (χ1v) is 27.4. The molecule has 6 nitrogen and oxygen atoms in total. The molecule has 362 valence electrons. The van der Waals surface area contributed by atoms with E-state index in [4.69, 9.17) is 4.74 Å². The Morgan fingerprint density at radius 1 is 0.443 bits per heavy atom. The Morgan fingerprint density at radius 3 is 1.16 bits per heavy atom. The van der Waals surface area contributed by atoms with Gasteiger partial charge in [-0.05, 0) is 57.8 Å². The Hall–Kier alpha value is -1.40. The number of hydrogen-bond acceptors (Lipinski definition) is 5. The van der Waals surface area contributed by atoms with E-state index in [9.17, 15) is 19.8 Å². The summed E-state index contributed by atoms with van der Waals surface area (Å²) in [5.41, 5.74) is 0. The van der Waals surface area contributed by atoms with Crippen LogP contribution in [0.15, 0.2) is 12.2 Å². The highest BCUT2D eigenvalue weighted by Crippen LogP contribution is 2.17. The minimum absolute atomic E-state index is 0.0198. The summed E-state index contributed by atoms with van der Waals surface area (Å²) in [5, 5.41) is 23.3. The molecule has 0 fully saturated rings. The molecule has 0 saturated carbocycles. The molecule has 0 radical (unpaired) electrons. The SMILES string of the molecule is CCCCCCCCCCCCCCCCCCCCC(O)C(CO)NC(=O)CCCCCCC/C=C\CCCCCOC(=O)CCCCCCCCCCCCCCCC. The van der Waals surface area contributed by atoms with Gasteiger partial charge in [0.15, 0.2) is 0 Å². The van der Waals surface area contributed by atoms with E-state index in [1.807, 2.05) is 0 Å². The number of aliphatic hydroxyl groups is 2. The normalized spacial score (nSPS) is 12.7. The lowest BCUT2D eigenvalue weighted by atomic mass is 10.0. The van der Waals surface area contributed by atoms with Crippen LogP contribution in [0.2, 0.25) is 0 Å². The van der Waals surface area contributed by atoms with Crippen LogP contribution in [0.25, 0.3) is 0 Å². The van der Waals surface area contributed by atoms with Crippen molar-refractivity contribution in [3.05, 3.63) is 12.2 Å². The van der Waals surface area contributed by atoms with Crippen molar-refractivity contribution in [3.8, 4) is 0 Å². The summed E-state index contributed by atoms with van der Waals surface area (Å²) in [5.74, 6) is -0.0780. The number of amides is 1. The molecule has 0 aromatic carbocycles. The molecule has 0 bridgehead atoms. The quantitative estimate of drug-likeness (QED) is 0.0322. The van der Waals surface area contributed by atoms with Crippen molar-refractivity contribution in [1.82, 2.24) is 5.32 Å². The van der Waals surface area contributed by atoms with Crippen molar-refractivity contribution in [1.29, 1.82) is 0 Å². The van der Waals surface area contributed by atoms with E-state index in [1.54, 1.807) is 0 Å². The van der Waals surface area contributed by atoms with Crippen LogP contribution >= 0.6 is 0 Å². The van der Waals surface area contributed by atoms with Crippen molar-refractivity contribution in [2.45, 2.75) is 315 Å². The van der Waals surface area contributed by atoms with E-state index in [1.165, 1.54) is 193 Å². The summed E-state index contributed by atoms with van der Waals surface area (Å²) >= 11 is 0. The van der Waals surface area contributed by atoms with Crippen LogP contribution in [0.4, 0.5) is 0 Å². The fraction of sp³-hybridized carbons (Fsp3) is 0.927. The fourth-order valence-corrected chi connectivity index (χ4v) is 8.58. The van der Waals surface area contributed by atoms with Crippen molar-refractivity contribution >= 4 is 11.9 Å². The van der Waals surface area contributed by atoms with Crippen LogP contribution in [0, 0.1) is 0 Å². The number of allylic oxidation sites excluding steroid dienone is 2. The first-order chi connectivity index (χ1) is 30.0. The highest BCUT2D eigenvalue weighted by Gasteiger charge is 2.20. The average molecular weight is 862 g/mol. The monoisotopic (exact) mass is 862 g/mol. The van der Waals surface area contributed by atoms with Gasteiger partial charge in [0.1, 0.15) is 0 Å². The topological polar surface area (TPSA) is 95.9 Å². The van der Waals surface area contributed by atoms with Crippen LogP contribution in [0.1, 0.15) is 303 Å². The zero-order chi connectivity index (χ0) is 44.4. The zero-order valence-corrected chi connectivity index (χ0v) is 41.2. The van der Waals surface area contributed by atoms with Gasteiger partial charge in [-0.2, -0.15) is 0 Å². The Bertz CT molecular complexity index is 909. The van der Waals surface area contributed by atoms with Crippen LogP contribution in [-0.4, -0.2) is 47.4 Å². The number of nitrogens with one attached hydrogen (secondary N) is 1. The number of rotatable bonds is 51. The van der Waals surface area contributed by atoms with Gasteiger partial charge >= 0.3 is 5.97 Å².